The van der Waals surface area contributed by atoms with Gasteiger partial charge in [-0.05, 0) is 117 Å². The minimum atomic E-state index is -0.787. The SMILES string of the molecule is c1ccc(P(c2ccccc2)C([C@@H]2C3CCC(C3)[C@H]2C(P(c2ccccc2)c2ccccc2)P(c2ccccc2)c2ccccc2)P(c2ccccc2)c2ccccc2)cc1. The first-order valence-electron chi connectivity index (χ1n) is 21.9. The highest BCUT2D eigenvalue weighted by Gasteiger charge is 2.59. The molecule has 2 unspecified atom stereocenters. The second kappa shape index (κ2) is 19.3. The van der Waals surface area contributed by atoms with Gasteiger partial charge in [-0.1, -0.05) is 243 Å². The summed E-state index contributed by atoms with van der Waals surface area (Å²) in [5.41, 5.74) is 0. The van der Waals surface area contributed by atoms with Gasteiger partial charge >= 0.3 is 0 Å². The molecule has 4 heteroatoms. The Morgan fingerprint density at radius 3 is 0.574 bits per heavy atom. The van der Waals surface area contributed by atoms with E-state index in [9.17, 15) is 0 Å². The fourth-order valence-corrected chi connectivity index (χ4v) is 26.5. The van der Waals surface area contributed by atoms with E-state index < -0.39 is 31.7 Å². The van der Waals surface area contributed by atoms with Crippen molar-refractivity contribution in [2.75, 3.05) is 0 Å². The van der Waals surface area contributed by atoms with E-state index in [4.69, 9.17) is 0 Å². The minimum absolute atomic E-state index is 0.425. The Morgan fingerprint density at radius 1 is 0.246 bits per heavy atom. The summed E-state index contributed by atoms with van der Waals surface area (Å²) in [7, 11) is -3.15. The molecule has 2 bridgehead atoms. The molecule has 0 nitrogen and oxygen atoms in total. The van der Waals surface area contributed by atoms with Crippen molar-refractivity contribution in [3.05, 3.63) is 243 Å². The molecular weight excluding hydrogens is 809 g/mol. The van der Waals surface area contributed by atoms with Crippen molar-refractivity contribution < 1.29 is 0 Å². The van der Waals surface area contributed by atoms with E-state index in [0.717, 1.165) is 0 Å². The molecule has 2 saturated carbocycles. The zero-order valence-electron chi connectivity index (χ0n) is 34.5. The Morgan fingerprint density at radius 2 is 0.410 bits per heavy atom. The second-order valence-corrected chi connectivity index (χ2v) is 26.6. The Balaban J connectivity index is 1.29. The molecule has 8 aromatic carbocycles. The lowest BCUT2D eigenvalue weighted by molar-refractivity contribution is 0.249. The summed E-state index contributed by atoms with van der Waals surface area (Å²) >= 11 is 0. The average molecular weight is 861 g/mol. The van der Waals surface area contributed by atoms with Crippen LogP contribution in [-0.4, -0.2) is 10.8 Å². The first kappa shape index (κ1) is 40.5. The van der Waals surface area contributed by atoms with E-state index in [2.05, 4.69) is 243 Å². The third kappa shape index (κ3) is 8.52. The van der Waals surface area contributed by atoms with Crippen molar-refractivity contribution in [3.8, 4) is 0 Å². The summed E-state index contributed by atoms with van der Waals surface area (Å²) < 4.78 is 0. The second-order valence-electron chi connectivity index (χ2n) is 16.5. The van der Waals surface area contributed by atoms with Gasteiger partial charge in [-0.2, -0.15) is 0 Å². The van der Waals surface area contributed by atoms with E-state index in [1.807, 2.05) is 0 Å². The molecule has 0 spiro atoms. The van der Waals surface area contributed by atoms with Gasteiger partial charge in [-0.25, -0.2) is 0 Å². The van der Waals surface area contributed by atoms with Crippen LogP contribution in [0.5, 0.6) is 0 Å². The zero-order chi connectivity index (χ0) is 40.8. The fourth-order valence-electron chi connectivity index (χ4n) is 10.7. The van der Waals surface area contributed by atoms with Gasteiger partial charge in [0, 0.05) is 10.8 Å². The summed E-state index contributed by atoms with van der Waals surface area (Å²) in [4.78, 5) is 0. The van der Waals surface area contributed by atoms with Crippen molar-refractivity contribution in [3.63, 3.8) is 0 Å². The highest BCUT2D eigenvalue weighted by Crippen LogP contribution is 2.73. The summed E-state index contributed by atoms with van der Waals surface area (Å²) in [5, 5.41) is 12.9. The first-order valence-corrected chi connectivity index (χ1v) is 27.6. The molecule has 0 heterocycles. The molecule has 0 saturated heterocycles. The van der Waals surface area contributed by atoms with Gasteiger partial charge < -0.3 is 0 Å². The van der Waals surface area contributed by atoms with Crippen LogP contribution >= 0.6 is 31.7 Å². The van der Waals surface area contributed by atoms with Gasteiger partial charge in [0.05, 0.1) is 0 Å². The molecule has 2 aliphatic carbocycles. The maximum absolute atomic E-state index is 2.47. The zero-order valence-corrected chi connectivity index (χ0v) is 38.0. The molecule has 0 aromatic heterocycles. The smallest absolute Gasteiger partial charge is 0.0188 e. The lowest BCUT2D eigenvalue weighted by atomic mass is 9.81. The highest BCUT2D eigenvalue weighted by atomic mass is 31.2. The van der Waals surface area contributed by atoms with Gasteiger partial charge in [0.2, 0.25) is 0 Å². The molecule has 2 fully saturated rings. The summed E-state index contributed by atoms with van der Waals surface area (Å²) in [6, 6.07) is 94.0. The Kier molecular flexibility index (Phi) is 12.8. The van der Waals surface area contributed by atoms with Crippen LogP contribution in [-0.2, 0) is 0 Å². The van der Waals surface area contributed by atoms with Crippen molar-refractivity contribution in [1.29, 1.82) is 0 Å². The molecule has 4 atom stereocenters. The molecule has 0 amide bonds. The van der Waals surface area contributed by atoms with Gasteiger partial charge in [0.15, 0.2) is 0 Å². The number of fused-ring (bicyclic) bond motifs is 2. The quantitative estimate of drug-likeness (QED) is 0.0956. The number of hydrogen-bond donors (Lipinski definition) is 0. The lowest BCUT2D eigenvalue weighted by Gasteiger charge is -2.50. The molecule has 8 aromatic rings. The Bertz CT molecular complexity index is 2040. The van der Waals surface area contributed by atoms with Crippen LogP contribution in [0.4, 0.5) is 0 Å². The van der Waals surface area contributed by atoms with E-state index >= 15 is 0 Å². The van der Waals surface area contributed by atoms with Crippen molar-refractivity contribution in [1.82, 2.24) is 0 Å². The van der Waals surface area contributed by atoms with E-state index in [1.165, 1.54) is 61.7 Å². The van der Waals surface area contributed by atoms with Crippen molar-refractivity contribution >= 4 is 74.1 Å². The predicted molar refractivity (Wildman–Crippen MR) is 272 cm³/mol. The standard InChI is InChI=1S/C57H52P4/c1-9-25-46(26-10-1)58(47-27-11-2-12-28-47)56(59(48-29-13-3-14-30-48)49-31-15-4-16-32-49)54-44-41-42-45(43-44)55(54)57(60(50-33-17-5-18-34-50)51-35-19-6-20-36-51)61(52-37-21-7-22-38-52)53-39-23-8-24-40-53/h1-40,44-45,54-57H,41-43H2/t44?,45?,54-,55-/m1/s1. The summed E-state index contributed by atoms with van der Waals surface area (Å²) in [6.45, 7) is 0. The molecule has 300 valence electrons. The number of rotatable bonds is 14. The normalized spacial score (nSPS) is 18.5. The van der Waals surface area contributed by atoms with Crippen LogP contribution in [0.2, 0.25) is 0 Å². The van der Waals surface area contributed by atoms with Crippen LogP contribution in [0.1, 0.15) is 19.3 Å². The van der Waals surface area contributed by atoms with Crippen molar-refractivity contribution in [2.24, 2.45) is 23.7 Å². The largest absolute Gasteiger partial charge is 0.0622 e. The molecular formula is C57H52P4. The molecule has 0 radical (unpaired) electrons. The van der Waals surface area contributed by atoms with E-state index in [-0.39, 0.29) is 0 Å². The lowest BCUT2D eigenvalue weighted by Crippen LogP contribution is -2.44. The predicted octanol–water partition coefficient (Wildman–Crippen LogP) is 11.8. The van der Waals surface area contributed by atoms with Crippen LogP contribution in [0.25, 0.3) is 0 Å². The number of benzene rings is 8. The van der Waals surface area contributed by atoms with Crippen LogP contribution in [0.3, 0.4) is 0 Å². The molecule has 0 aliphatic heterocycles. The third-order valence-electron chi connectivity index (χ3n) is 13.1. The Hall–Kier alpha value is -4.52. The van der Waals surface area contributed by atoms with E-state index in [1.54, 1.807) is 0 Å². The molecule has 0 N–H and O–H groups in total. The van der Waals surface area contributed by atoms with Crippen LogP contribution in [0.15, 0.2) is 243 Å². The molecule has 10 rings (SSSR count). The highest BCUT2D eigenvalue weighted by molar-refractivity contribution is 7.90. The molecule has 2 aliphatic rings. The van der Waals surface area contributed by atoms with Crippen molar-refractivity contribution in [2.45, 2.75) is 30.1 Å². The maximum atomic E-state index is 2.47. The third-order valence-corrected chi connectivity index (χ3v) is 26.2. The monoisotopic (exact) mass is 860 g/mol. The van der Waals surface area contributed by atoms with Crippen LogP contribution in [0, 0.1) is 23.7 Å². The topological polar surface area (TPSA) is 0 Å². The average Bonchev–Trinajstić information content (AvgIpc) is 3.97. The summed E-state index contributed by atoms with van der Waals surface area (Å²) in [5.74, 6) is 2.39. The minimum Gasteiger partial charge on any atom is -0.0622 e. The van der Waals surface area contributed by atoms with Gasteiger partial charge in [-0.3, -0.25) is 0 Å². The maximum Gasteiger partial charge on any atom is 0.0188 e. The molecule has 61 heavy (non-hydrogen) atoms. The summed E-state index contributed by atoms with van der Waals surface area (Å²) in [6.07, 6.45) is 4.00. The van der Waals surface area contributed by atoms with Gasteiger partial charge in [0.1, 0.15) is 0 Å². The van der Waals surface area contributed by atoms with Crippen LogP contribution < -0.4 is 42.4 Å². The van der Waals surface area contributed by atoms with E-state index in [0.29, 0.717) is 34.5 Å². The fraction of sp³-hybridized carbons (Fsp3) is 0.158. The first-order chi connectivity index (χ1) is 30.3. The Labute approximate surface area is 368 Å². The number of hydrogen-bond acceptors (Lipinski definition) is 0. The van der Waals surface area contributed by atoms with Gasteiger partial charge in [-0.15, -0.1) is 0 Å². The van der Waals surface area contributed by atoms with Gasteiger partial charge in [0.25, 0.3) is 0 Å².